The summed E-state index contributed by atoms with van der Waals surface area (Å²) in [4.78, 5) is 31.2. The Balaban J connectivity index is 1.47. The molecule has 7 heteroatoms. The molecule has 1 fully saturated rings. The molecule has 2 N–H and O–H groups in total. The van der Waals surface area contributed by atoms with Crippen molar-refractivity contribution in [3.05, 3.63) is 60.2 Å². The van der Waals surface area contributed by atoms with Crippen LogP contribution in [0.2, 0.25) is 0 Å². The number of aromatic nitrogens is 1. The van der Waals surface area contributed by atoms with Crippen LogP contribution in [-0.4, -0.2) is 48.4 Å². The standard InChI is InChI=1S/C24H26N4O3/c1-31-18-11-9-17(10-12-18)26-22-16-20(19-6-2-3-7-21(19)27-22)24(30)25-13-5-15-28-14-4-8-23(28)29/h2-3,6-7,9-12,16H,4-5,8,13-15H2,1H3,(H,25,30)(H,26,27). The number of fused-ring (bicyclic) bond motifs is 1. The number of rotatable bonds is 8. The smallest absolute Gasteiger partial charge is 0.252 e. The quantitative estimate of drug-likeness (QED) is 0.545. The van der Waals surface area contributed by atoms with Crippen molar-refractivity contribution in [1.82, 2.24) is 15.2 Å². The summed E-state index contributed by atoms with van der Waals surface area (Å²) in [6, 6.07) is 16.9. The molecular formula is C24H26N4O3. The molecule has 4 rings (SSSR count). The first-order valence-corrected chi connectivity index (χ1v) is 10.5. The van der Waals surface area contributed by atoms with E-state index >= 15 is 0 Å². The molecule has 160 valence electrons. The molecule has 1 aliphatic rings. The monoisotopic (exact) mass is 418 g/mol. The molecular weight excluding hydrogens is 392 g/mol. The van der Waals surface area contributed by atoms with Gasteiger partial charge < -0.3 is 20.3 Å². The zero-order valence-electron chi connectivity index (χ0n) is 17.6. The fourth-order valence-electron chi connectivity index (χ4n) is 3.76. The number of anilines is 2. The second-order valence-electron chi connectivity index (χ2n) is 7.52. The van der Waals surface area contributed by atoms with Crippen LogP contribution in [0.3, 0.4) is 0 Å². The van der Waals surface area contributed by atoms with E-state index in [0.29, 0.717) is 30.9 Å². The molecule has 2 amide bonds. The van der Waals surface area contributed by atoms with Crippen molar-refractivity contribution in [2.24, 2.45) is 0 Å². The molecule has 0 spiro atoms. The molecule has 3 aromatic rings. The first kappa shape index (κ1) is 20.7. The minimum absolute atomic E-state index is 0.149. The number of carbonyl (C=O) groups is 2. The molecule has 0 saturated carbocycles. The zero-order chi connectivity index (χ0) is 21.6. The van der Waals surface area contributed by atoms with Crippen molar-refractivity contribution in [3.63, 3.8) is 0 Å². The summed E-state index contributed by atoms with van der Waals surface area (Å²) in [7, 11) is 1.63. The lowest BCUT2D eigenvalue weighted by Gasteiger charge is -2.16. The van der Waals surface area contributed by atoms with Gasteiger partial charge in [-0.15, -0.1) is 0 Å². The van der Waals surface area contributed by atoms with Gasteiger partial charge in [0.25, 0.3) is 5.91 Å². The predicted octanol–water partition coefficient (Wildman–Crippen LogP) is 3.73. The van der Waals surface area contributed by atoms with Crippen LogP contribution in [0.15, 0.2) is 54.6 Å². The summed E-state index contributed by atoms with van der Waals surface area (Å²) in [6.45, 7) is 2.02. The Morgan fingerprint density at radius 3 is 2.71 bits per heavy atom. The van der Waals surface area contributed by atoms with Crippen LogP contribution in [0.4, 0.5) is 11.5 Å². The maximum Gasteiger partial charge on any atom is 0.252 e. The van der Waals surface area contributed by atoms with Gasteiger partial charge in [0.05, 0.1) is 18.2 Å². The predicted molar refractivity (Wildman–Crippen MR) is 121 cm³/mol. The molecule has 2 heterocycles. The number of hydrogen-bond donors (Lipinski definition) is 2. The number of carbonyl (C=O) groups excluding carboxylic acids is 2. The number of likely N-dealkylation sites (tertiary alicyclic amines) is 1. The lowest BCUT2D eigenvalue weighted by atomic mass is 10.1. The van der Waals surface area contributed by atoms with Gasteiger partial charge in [0.15, 0.2) is 0 Å². The molecule has 1 saturated heterocycles. The Bertz CT molecular complexity index is 1080. The van der Waals surface area contributed by atoms with E-state index in [-0.39, 0.29) is 11.8 Å². The summed E-state index contributed by atoms with van der Waals surface area (Å²) in [5.74, 6) is 1.43. The highest BCUT2D eigenvalue weighted by atomic mass is 16.5. The molecule has 0 aliphatic carbocycles. The van der Waals surface area contributed by atoms with Crippen molar-refractivity contribution >= 4 is 34.2 Å². The van der Waals surface area contributed by atoms with E-state index in [2.05, 4.69) is 15.6 Å². The van der Waals surface area contributed by atoms with Crippen LogP contribution >= 0.6 is 0 Å². The van der Waals surface area contributed by atoms with Crippen molar-refractivity contribution in [2.75, 3.05) is 32.1 Å². The van der Waals surface area contributed by atoms with Gasteiger partial charge in [0, 0.05) is 37.1 Å². The van der Waals surface area contributed by atoms with Crippen molar-refractivity contribution in [3.8, 4) is 5.75 Å². The summed E-state index contributed by atoms with van der Waals surface area (Å²) in [5.41, 5.74) is 2.16. The highest BCUT2D eigenvalue weighted by molar-refractivity contribution is 6.07. The summed E-state index contributed by atoms with van der Waals surface area (Å²) >= 11 is 0. The summed E-state index contributed by atoms with van der Waals surface area (Å²) in [5, 5.41) is 7.05. The molecule has 31 heavy (non-hydrogen) atoms. The van der Waals surface area contributed by atoms with Gasteiger partial charge in [-0.05, 0) is 49.2 Å². The number of methoxy groups -OCH3 is 1. The second kappa shape index (κ2) is 9.47. The molecule has 1 aliphatic heterocycles. The molecule has 0 unspecified atom stereocenters. The molecule has 7 nitrogen and oxygen atoms in total. The van der Waals surface area contributed by atoms with Crippen LogP contribution in [0.1, 0.15) is 29.6 Å². The van der Waals surface area contributed by atoms with Crippen molar-refractivity contribution in [1.29, 1.82) is 0 Å². The van der Waals surface area contributed by atoms with Gasteiger partial charge in [-0.1, -0.05) is 18.2 Å². The average Bonchev–Trinajstić information content (AvgIpc) is 3.21. The maximum atomic E-state index is 12.9. The third-order valence-electron chi connectivity index (χ3n) is 5.38. The van der Waals surface area contributed by atoms with Gasteiger partial charge in [-0.25, -0.2) is 4.98 Å². The Hall–Kier alpha value is -3.61. The van der Waals surface area contributed by atoms with Crippen LogP contribution in [-0.2, 0) is 4.79 Å². The van der Waals surface area contributed by atoms with E-state index < -0.39 is 0 Å². The highest BCUT2D eigenvalue weighted by Gasteiger charge is 2.19. The van der Waals surface area contributed by atoms with Crippen molar-refractivity contribution in [2.45, 2.75) is 19.3 Å². The SMILES string of the molecule is COc1ccc(Nc2cc(C(=O)NCCCN3CCCC3=O)c3ccccc3n2)cc1. The van der Waals surface area contributed by atoms with Crippen LogP contribution in [0.5, 0.6) is 5.75 Å². The van der Waals surface area contributed by atoms with Gasteiger partial charge in [-0.2, -0.15) is 0 Å². The Labute approximate surface area is 181 Å². The van der Waals surface area contributed by atoms with E-state index in [1.54, 1.807) is 13.2 Å². The van der Waals surface area contributed by atoms with E-state index in [0.717, 1.165) is 41.7 Å². The topological polar surface area (TPSA) is 83.6 Å². The van der Waals surface area contributed by atoms with Crippen molar-refractivity contribution < 1.29 is 14.3 Å². The lowest BCUT2D eigenvalue weighted by Crippen LogP contribution is -2.30. The van der Waals surface area contributed by atoms with Gasteiger partial charge >= 0.3 is 0 Å². The fourth-order valence-corrected chi connectivity index (χ4v) is 3.76. The number of benzene rings is 2. The Kier molecular flexibility index (Phi) is 6.31. The maximum absolute atomic E-state index is 12.9. The number of amides is 2. The number of pyridine rings is 1. The highest BCUT2D eigenvalue weighted by Crippen LogP contribution is 2.24. The van der Waals surface area contributed by atoms with Gasteiger partial charge in [-0.3, -0.25) is 9.59 Å². The third-order valence-corrected chi connectivity index (χ3v) is 5.38. The minimum atomic E-state index is -0.149. The minimum Gasteiger partial charge on any atom is -0.497 e. The molecule has 2 aromatic carbocycles. The lowest BCUT2D eigenvalue weighted by molar-refractivity contribution is -0.127. The van der Waals surface area contributed by atoms with Gasteiger partial charge in [0.2, 0.25) is 5.91 Å². The first-order valence-electron chi connectivity index (χ1n) is 10.5. The fraction of sp³-hybridized carbons (Fsp3) is 0.292. The number of para-hydroxylation sites is 1. The van der Waals surface area contributed by atoms with Gasteiger partial charge in [0.1, 0.15) is 11.6 Å². The average molecular weight is 418 g/mol. The second-order valence-corrected chi connectivity index (χ2v) is 7.52. The summed E-state index contributed by atoms with van der Waals surface area (Å²) < 4.78 is 5.19. The summed E-state index contributed by atoms with van der Waals surface area (Å²) in [6.07, 6.45) is 2.30. The van der Waals surface area contributed by atoms with Crippen LogP contribution in [0, 0.1) is 0 Å². The largest absolute Gasteiger partial charge is 0.497 e. The van der Waals surface area contributed by atoms with E-state index in [4.69, 9.17) is 4.74 Å². The first-order chi connectivity index (χ1) is 15.1. The number of nitrogens with zero attached hydrogens (tertiary/aromatic N) is 2. The Morgan fingerprint density at radius 1 is 1.16 bits per heavy atom. The third kappa shape index (κ3) is 4.94. The number of nitrogens with one attached hydrogen (secondary N) is 2. The van der Waals surface area contributed by atoms with E-state index in [1.165, 1.54) is 0 Å². The number of ether oxygens (including phenoxy) is 1. The molecule has 1 aromatic heterocycles. The van der Waals surface area contributed by atoms with Crippen LogP contribution in [0.25, 0.3) is 10.9 Å². The molecule has 0 bridgehead atoms. The van der Waals surface area contributed by atoms with Crippen LogP contribution < -0.4 is 15.4 Å². The molecule has 0 radical (unpaired) electrons. The molecule has 0 atom stereocenters. The van der Waals surface area contributed by atoms with E-state index in [9.17, 15) is 9.59 Å². The number of hydrogen-bond acceptors (Lipinski definition) is 5. The Morgan fingerprint density at radius 2 is 1.97 bits per heavy atom. The zero-order valence-corrected chi connectivity index (χ0v) is 17.6. The van der Waals surface area contributed by atoms with E-state index in [1.807, 2.05) is 53.4 Å². The normalized spacial score (nSPS) is 13.5.